The molecule has 0 atom stereocenters. The molecule has 0 saturated carbocycles. The molecule has 12 aromatic rings. The van der Waals surface area contributed by atoms with E-state index in [1.54, 1.807) is 0 Å². The number of nitrogens with zero attached hydrogens (tertiary/aromatic N) is 2. The van der Waals surface area contributed by atoms with E-state index >= 15 is 0 Å². The van der Waals surface area contributed by atoms with Crippen LogP contribution >= 0.6 is 11.3 Å². The predicted molar refractivity (Wildman–Crippen MR) is 262 cm³/mol. The Bertz CT molecular complexity index is 3540. The highest BCUT2D eigenvalue weighted by Gasteiger charge is 2.17. The van der Waals surface area contributed by atoms with E-state index in [0.717, 1.165) is 22.7 Å². The monoisotopic (exact) mass is 794 g/mol. The molecule has 286 valence electrons. The molecule has 0 saturated heterocycles. The average molecular weight is 795 g/mol. The van der Waals surface area contributed by atoms with Crippen LogP contribution in [0.2, 0.25) is 0 Å². The summed E-state index contributed by atoms with van der Waals surface area (Å²) in [5, 5.41) is 7.65. The van der Waals surface area contributed by atoms with Crippen molar-refractivity contribution in [2.45, 2.75) is 0 Å². The SMILES string of the molecule is c1cc(-c2ccc3ccccc3c2)cc(N(c2ccc(-c3cccc(-n4c5ccccc5c5ccccc54)c3)cc2)c2ccc(-c3cccc4c3sc3ccccc34)cc2)c1. The van der Waals surface area contributed by atoms with Crippen LogP contribution in [0, 0.1) is 0 Å². The molecule has 0 unspecified atom stereocenters. The largest absolute Gasteiger partial charge is 0.310 e. The van der Waals surface area contributed by atoms with Gasteiger partial charge in [-0.25, -0.2) is 0 Å². The maximum atomic E-state index is 2.39. The van der Waals surface area contributed by atoms with Gasteiger partial charge in [0.1, 0.15) is 0 Å². The van der Waals surface area contributed by atoms with Gasteiger partial charge < -0.3 is 9.47 Å². The molecule has 0 amide bonds. The van der Waals surface area contributed by atoms with Gasteiger partial charge in [0.05, 0.1) is 11.0 Å². The van der Waals surface area contributed by atoms with E-state index < -0.39 is 0 Å². The topological polar surface area (TPSA) is 8.17 Å². The summed E-state index contributed by atoms with van der Waals surface area (Å²) in [6, 6.07) is 84.1. The highest BCUT2D eigenvalue weighted by atomic mass is 32.1. The number of anilines is 3. The summed E-state index contributed by atoms with van der Waals surface area (Å²) in [6.07, 6.45) is 0. The summed E-state index contributed by atoms with van der Waals surface area (Å²) in [5.41, 5.74) is 14.1. The third-order valence-electron chi connectivity index (χ3n) is 12.2. The fraction of sp³-hybridized carbons (Fsp3) is 0. The Morgan fingerprint density at radius 3 is 1.64 bits per heavy atom. The summed E-state index contributed by atoms with van der Waals surface area (Å²) < 4.78 is 5.03. The summed E-state index contributed by atoms with van der Waals surface area (Å²) in [6.45, 7) is 0. The smallest absolute Gasteiger partial charge is 0.0541 e. The van der Waals surface area contributed by atoms with Crippen molar-refractivity contribution in [3.8, 4) is 39.1 Å². The lowest BCUT2D eigenvalue weighted by atomic mass is 10.00. The second-order valence-electron chi connectivity index (χ2n) is 15.7. The van der Waals surface area contributed by atoms with Crippen LogP contribution in [-0.2, 0) is 0 Å². The summed E-state index contributed by atoms with van der Waals surface area (Å²) in [5.74, 6) is 0. The number of para-hydroxylation sites is 2. The van der Waals surface area contributed by atoms with Crippen LogP contribution in [0.15, 0.2) is 231 Å². The van der Waals surface area contributed by atoms with Crippen LogP contribution in [0.5, 0.6) is 0 Å². The summed E-state index contributed by atoms with van der Waals surface area (Å²) in [7, 11) is 0. The summed E-state index contributed by atoms with van der Waals surface area (Å²) in [4.78, 5) is 2.38. The molecule has 0 aliphatic carbocycles. The van der Waals surface area contributed by atoms with Gasteiger partial charge >= 0.3 is 0 Å². The van der Waals surface area contributed by atoms with E-state index in [0.29, 0.717) is 0 Å². The zero-order chi connectivity index (χ0) is 40.3. The van der Waals surface area contributed by atoms with Crippen LogP contribution in [0.1, 0.15) is 0 Å². The Hall–Kier alpha value is -7.72. The molecule has 12 rings (SSSR count). The van der Waals surface area contributed by atoms with Crippen molar-refractivity contribution in [2.75, 3.05) is 4.90 Å². The van der Waals surface area contributed by atoms with E-state index in [-0.39, 0.29) is 0 Å². The number of hydrogen-bond donors (Lipinski definition) is 0. The van der Waals surface area contributed by atoms with E-state index in [9.17, 15) is 0 Å². The maximum Gasteiger partial charge on any atom is 0.0541 e. The van der Waals surface area contributed by atoms with Crippen molar-refractivity contribution in [3.63, 3.8) is 0 Å². The van der Waals surface area contributed by atoms with Gasteiger partial charge in [0.25, 0.3) is 0 Å². The van der Waals surface area contributed by atoms with Crippen LogP contribution in [0.4, 0.5) is 17.1 Å². The minimum absolute atomic E-state index is 1.09. The van der Waals surface area contributed by atoms with Crippen molar-refractivity contribution in [1.29, 1.82) is 0 Å². The van der Waals surface area contributed by atoms with Crippen molar-refractivity contribution in [2.24, 2.45) is 0 Å². The number of hydrogen-bond acceptors (Lipinski definition) is 2. The lowest BCUT2D eigenvalue weighted by Gasteiger charge is -2.26. The molecular weight excluding hydrogens is 757 g/mol. The van der Waals surface area contributed by atoms with Gasteiger partial charge in [0.15, 0.2) is 0 Å². The zero-order valence-corrected chi connectivity index (χ0v) is 34.1. The van der Waals surface area contributed by atoms with Gasteiger partial charge in [-0.1, -0.05) is 158 Å². The van der Waals surface area contributed by atoms with E-state index in [1.807, 2.05) is 11.3 Å². The standard InChI is InChI=1S/C58H38N2S/c1-2-13-42-36-45(27-26-39(42)12-1)44-15-10-16-48(38-44)59(47-34-30-41(31-35-47)50-21-11-22-54-53-20-5-8-25-57(53)61-58(50)54)46-32-28-40(29-33-46)43-14-9-17-49(37-43)60-55-23-6-3-18-51(55)52-19-4-7-24-56(52)60/h1-38H. The highest BCUT2D eigenvalue weighted by Crippen LogP contribution is 2.43. The Labute approximate surface area is 358 Å². The van der Waals surface area contributed by atoms with Gasteiger partial charge in [0, 0.05) is 53.7 Å². The van der Waals surface area contributed by atoms with E-state index in [4.69, 9.17) is 0 Å². The van der Waals surface area contributed by atoms with Crippen LogP contribution in [-0.4, -0.2) is 4.57 Å². The van der Waals surface area contributed by atoms with Gasteiger partial charge in [0.2, 0.25) is 0 Å². The molecule has 0 bridgehead atoms. The van der Waals surface area contributed by atoms with Gasteiger partial charge in [-0.2, -0.15) is 0 Å². The Kier molecular flexibility index (Phi) is 8.39. The average Bonchev–Trinajstić information content (AvgIpc) is 3.88. The second-order valence-corrected chi connectivity index (χ2v) is 16.8. The van der Waals surface area contributed by atoms with Crippen molar-refractivity contribution >= 4 is 81.1 Å². The normalized spacial score (nSPS) is 11.6. The molecule has 10 aromatic carbocycles. The van der Waals surface area contributed by atoms with E-state index in [1.165, 1.54) is 86.1 Å². The number of thiophene rings is 1. The summed E-state index contributed by atoms with van der Waals surface area (Å²) >= 11 is 1.88. The maximum absolute atomic E-state index is 2.39. The number of rotatable bonds is 7. The van der Waals surface area contributed by atoms with E-state index in [2.05, 4.69) is 240 Å². The fourth-order valence-corrected chi connectivity index (χ4v) is 10.5. The molecule has 2 nitrogen and oxygen atoms in total. The zero-order valence-electron chi connectivity index (χ0n) is 33.2. The highest BCUT2D eigenvalue weighted by molar-refractivity contribution is 7.26. The third kappa shape index (κ3) is 6.09. The van der Waals surface area contributed by atoms with Gasteiger partial charge in [-0.05, 0) is 117 Å². The Balaban J connectivity index is 0.946. The van der Waals surface area contributed by atoms with Crippen LogP contribution < -0.4 is 4.90 Å². The number of benzene rings is 10. The first-order valence-electron chi connectivity index (χ1n) is 20.8. The molecule has 2 heterocycles. The first-order chi connectivity index (χ1) is 30.2. The van der Waals surface area contributed by atoms with Gasteiger partial charge in [-0.15, -0.1) is 11.3 Å². The van der Waals surface area contributed by atoms with Crippen molar-refractivity contribution in [1.82, 2.24) is 4.57 Å². The molecule has 0 aliphatic rings. The molecule has 0 radical (unpaired) electrons. The quantitative estimate of drug-likeness (QED) is 0.156. The molecule has 3 heteroatoms. The predicted octanol–water partition coefficient (Wildman–Crippen LogP) is 16.8. The molecule has 0 N–H and O–H groups in total. The number of aromatic nitrogens is 1. The molecule has 0 spiro atoms. The third-order valence-corrected chi connectivity index (χ3v) is 13.4. The fourth-order valence-electron chi connectivity index (χ4n) is 9.23. The van der Waals surface area contributed by atoms with Crippen LogP contribution in [0.25, 0.3) is 91.8 Å². The van der Waals surface area contributed by atoms with Gasteiger partial charge in [-0.3, -0.25) is 0 Å². The lowest BCUT2D eigenvalue weighted by Crippen LogP contribution is -2.10. The molecule has 0 fully saturated rings. The Morgan fingerprint density at radius 2 is 0.885 bits per heavy atom. The molecule has 61 heavy (non-hydrogen) atoms. The number of fused-ring (bicyclic) bond motifs is 7. The minimum Gasteiger partial charge on any atom is -0.310 e. The second kappa shape index (κ2) is 14.5. The molecular formula is C58H38N2S. The first-order valence-corrected chi connectivity index (χ1v) is 21.6. The van der Waals surface area contributed by atoms with Crippen molar-refractivity contribution < 1.29 is 0 Å². The lowest BCUT2D eigenvalue weighted by molar-refractivity contribution is 1.18. The first kappa shape index (κ1) is 35.2. The molecule has 0 aliphatic heterocycles. The van der Waals surface area contributed by atoms with Crippen molar-refractivity contribution in [3.05, 3.63) is 231 Å². The van der Waals surface area contributed by atoms with Crippen LogP contribution in [0.3, 0.4) is 0 Å². The minimum atomic E-state index is 1.09. The molecule has 2 aromatic heterocycles. The Morgan fingerprint density at radius 1 is 0.328 bits per heavy atom.